The zero-order chi connectivity index (χ0) is 19.0. The van der Waals surface area contributed by atoms with Crippen LogP contribution in [0.15, 0.2) is 72.7 Å². The molecule has 1 N–H and O–H groups in total. The van der Waals surface area contributed by atoms with E-state index < -0.39 is 22.5 Å². The Hall–Kier alpha value is -2.44. The van der Waals surface area contributed by atoms with E-state index in [4.69, 9.17) is 0 Å². The maximum atomic E-state index is 14.2. The monoisotopic (exact) mass is 384 g/mol. The number of imidazole rings is 1. The Labute approximate surface area is 160 Å². The molecule has 1 aromatic heterocycles. The second-order valence-electron chi connectivity index (χ2n) is 6.65. The van der Waals surface area contributed by atoms with E-state index in [9.17, 15) is 13.9 Å². The molecule has 27 heavy (non-hydrogen) atoms. The molecule has 0 fully saturated rings. The molecule has 2 heterocycles. The summed E-state index contributed by atoms with van der Waals surface area (Å²) in [4.78, 5) is 4.97. The van der Waals surface area contributed by atoms with Crippen LogP contribution in [0.25, 0.3) is 11.1 Å². The lowest BCUT2D eigenvalue weighted by molar-refractivity contribution is 0.123. The Morgan fingerprint density at radius 3 is 2.70 bits per heavy atom. The normalized spacial score (nSPS) is 21.2. The van der Waals surface area contributed by atoms with Crippen molar-refractivity contribution in [2.24, 2.45) is 0 Å². The molecule has 2 atom stereocenters. The molecule has 0 aliphatic carbocycles. The van der Waals surface area contributed by atoms with Crippen LogP contribution in [-0.2, 0) is 6.54 Å². The molecule has 0 saturated heterocycles. The molecular formula is C21H18F2N2OS. The predicted octanol–water partition coefficient (Wildman–Crippen LogP) is 4.98. The van der Waals surface area contributed by atoms with Gasteiger partial charge < -0.3 is 9.67 Å². The summed E-state index contributed by atoms with van der Waals surface area (Å²) in [7, 11) is 0. The average Bonchev–Trinajstić information content (AvgIpc) is 3.23. The largest absolute Gasteiger partial charge is 0.387 e. The highest BCUT2D eigenvalue weighted by atomic mass is 32.2. The number of nitrogens with zero attached hydrogens (tertiary/aromatic N) is 2. The van der Waals surface area contributed by atoms with E-state index in [0.29, 0.717) is 24.1 Å². The number of aliphatic hydroxyl groups excluding tert-OH is 1. The van der Waals surface area contributed by atoms with Crippen LogP contribution in [0.2, 0.25) is 0 Å². The van der Waals surface area contributed by atoms with Gasteiger partial charge in [-0.3, -0.25) is 0 Å². The van der Waals surface area contributed by atoms with Crippen LogP contribution in [0.4, 0.5) is 8.78 Å². The molecule has 1 aliphatic heterocycles. The number of benzene rings is 2. The second-order valence-corrected chi connectivity index (χ2v) is 8.10. The van der Waals surface area contributed by atoms with Gasteiger partial charge in [0.2, 0.25) is 0 Å². The Morgan fingerprint density at radius 2 is 2.04 bits per heavy atom. The number of aliphatic hydroxyl groups is 1. The maximum Gasteiger partial charge on any atom is 0.133 e. The molecule has 2 aromatic carbocycles. The van der Waals surface area contributed by atoms with Gasteiger partial charge in [-0.1, -0.05) is 18.2 Å². The van der Waals surface area contributed by atoms with Gasteiger partial charge in [-0.05, 0) is 41.8 Å². The Balaban J connectivity index is 1.75. The minimum Gasteiger partial charge on any atom is -0.387 e. The lowest BCUT2D eigenvalue weighted by Crippen LogP contribution is -2.33. The minimum absolute atomic E-state index is 0.0756. The number of halogens is 2. The molecule has 0 radical (unpaired) electrons. The van der Waals surface area contributed by atoms with Crippen molar-refractivity contribution in [3.05, 3.63) is 85.0 Å². The molecule has 4 rings (SSSR count). The van der Waals surface area contributed by atoms with Crippen molar-refractivity contribution in [3.63, 3.8) is 0 Å². The van der Waals surface area contributed by atoms with E-state index in [1.165, 1.54) is 18.2 Å². The molecule has 2 unspecified atom stereocenters. The van der Waals surface area contributed by atoms with Gasteiger partial charge in [-0.2, -0.15) is 0 Å². The summed E-state index contributed by atoms with van der Waals surface area (Å²) in [5, 5.41) is 11.1. The predicted molar refractivity (Wildman–Crippen MR) is 102 cm³/mol. The number of fused-ring (bicyclic) bond motifs is 1. The van der Waals surface area contributed by atoms with Gasteiger partial charge in [-0.15, -0.1) is 18.3 Å². The molecule has 138 valence electrons. The van der Waals surface area contributed by atoms with Gasteiger partial charge >= 0.3 is 0 Å². The van der Waals surface area contributed by atoms with Crippen molar-refractivity contribution in [1.29, 1.82) is 0 Å². The van der Waals surface area contributed by atoms with Gasteiger partial charge in [0.1, 0.15) is 11.6 Å². The number of hydrogen-bond acceptors (Lipinski definition) is 3. The number of thioether (sulfide) groups is 1. The van der Waals surface area contributed by atoms with Crippen LogP contribution >= 0.6 is 11.8 Å². The second kappa shape index (κ2) is 6.94. The zero-order valence-corrected chi connectivity index (χ0v) is 15.3. The van der Waals surface area contributed by atoms with Crippen molar-refractivity contribution in [1.82, 2.24) is 9.55 Å². The van der Waals surface area contributed by atoms with E-state index in [2.05, 4.69) is 11.6 Å². The van der Waals surface area contributed by atoms with Gasteiger partial charge in [0, 0.05) is 23.8 Å². The first-order valence-corrected chi connectivity index (χ1v) is 9.38. The summed E-state index contributed by atoms with van der Waals surface area (Å²) >= 11 is 1.57. The molecular weight excluding hydrogens is 366 g/mol. The van der Waals surface area contributed by atoms with Crippen LogP contribution in [0.3, 0.4) is 0 Å². The summed E-state index contributed by atoms with van der Waals surface area (Å²) < 4.78 is 29.7. The number of hydrogen-bond donors (Lipinski definition) is 1. The molecule has 0 amide bonds. The first kappa shape index (κ1) is 17.9. The lowest BCUT2D eigenvalue weighted by atomic mass is 9.90. The van der Waals surface area contributed by atoms with Crippen molar-refractivity contribution >= 4 is 11.8 Å². The fourth-order valence-electron chi connectivity index (χ4n) is 3.61. The van der Waals surface area contributed by atoms with Crippen molar-refractivity contribution in [2.75, 3.05) is 0 Å². The molecule has 6 heteroatoms. The van der Waals surface area contributed by atoms with Crippen LogP contribution < -0.4 is 0 Å². The first-order chi connectivity index (χ1) is 13.0. The maximum absolute atomic E-state index is 14.2. The van der Waals surface area contributed by atoms with Gasteiger partial charge in [0.15, 0.2) is 0 Å². The van der Waals surface area contributed by atoms with Crippen molar-refractivity contribution < 1.29 is 13.9 Å². The molecule has 0 saturated carbocycles. The third kappa shape index (κ3) is 3.09. The van der Waals surface area contributed by atoms with Gasteiger partial charge in [-0.25, -0.2) is 13.8 Å². The van der Waals surface area contributed by atoms with E-state index >= 15 is 0 Å². The molecule has 1 aliphatic rings. The Morgan fingerprint density at radius 1 is 1.26 bits per heavy atom. The molecule has 3 nitrogen and oxygen atoms in total. The van der Waals surface area contributed by atoms with Crippen molar-refractivity contribution in [3.8, 4) is 11.1 Å². The summed E-state index contributed by atoms with van der Waals surface area (Å²) in [5.41, 5.74) is 1.02. The van der Waals surface area contributed by atoms with E-state index in [1.54, 1.807) is 42.5 Å². The number of allylic oxidation sites excluding steroid dienone is 1. The Bertz CT molecular complexity index is 970. The molecule has 0 spiro atoms. The smallest absolute Gasteiger partial charge is 0.133 e. The minimum atomic E-state index is -0.798. The average molecular weight is 384 g/mol. The third-order valence-electron chi connectivity index (χ3n) is 4.87. The van der Waals surface area contributed by atoms with Crippen LogP contribution in [0.1, 0.15) is 18.1 Å². The van der Waals surface area contributed by atoms with Crippen LogP contribution in [0.5, 0.6) is 0 Å². The quantitative estimate of drug-likeness (QED) is 0.631. The topological polar surface area (TPSA) is 38.0 Å². The lowest BCUT2D eigenvalue weighted by Gasteiger charge is -2.31. The van der Waals surface area contributed by atoms with Crippen molar-refractivity contribution in [2.45, 2.75) is 28.7 Å². The van der Waals surface area contributed by atoms with E-state index in [1.807, 2.05) is 16.8 Å². The summed E-state index contributed by atoms with van der Waals surface area (Å²) in [6.45, 7) is 4.38. The molecule has 3 aromatic rings. The Kier molecular flexibility index (Phi) is 4.61. The summed E-state index contributed by atoms with van der Waals surface area (Å²) in [6, 6.07) is 9.01. The fraction of sp³-hybridized carbons (Fsp3) is 0.190. The highest BCUT2D eigenvalue weighted by Crippen LogP contribution is 2.55. The van der Waals surface area contributed by atoms with Crippen LogP contribution in [0, 0.1) is 11.6 Å². The first-order valence-electron chi connectivity index (χ1n) is 8.56. The highest BCUT2D eigenvalue weighted by Gasteiger charge is 2.46. The zero-order valence-electron chi connectivity index (χ0n) is 14.5. The standard InChI is InChI=1S/C21H18F2N2OS/c1-2-8-21(12-25-10-9-24-13-25)20(26)15-11-14(6-7-18(15)27-21)19-16(22)4-3-5-17(19)23/h2-7,9-11,13,20,26H,1,8,12H2. The van der Waals surface area contributed by atoms with Crippen LogP contribution in [-0.4, -0.2) is 19.4 Å². The van der Waals surface area contributed by atoms with Gasteiger partial charge in [0.05, 0.1) is 22.7 Å². The molecule has 0 bridgehead atoms. The van der Waals surface area contributed by atoms with E-state index in [-0.39, 0.29) is 5.56 Å². The number of aromatic nitrogens is 2. The highest BCUT2D eigenvalue weighted by molar-refractivity contribution is 8.01. The third-order valence-corrected chi connectivity index (χ3v) is 6.38. The summed E-state index contributed by atoms with van der Waals surface area (Å²) in [6.07, 6.45) is 6.82. The van der Waals surface area contributed by atoms with Gasteiger partial charge in [0.25, 0.3) is 0 Å². The van der Waals surface area contributed by atoms with E-state index in [0.717, 1.165) is 4.90 Å². The summed E-state index contributed by atoms with van der Waals surface area (Å²) in [5.74, 6) is -1.24. The SMILES string of the molecule is C=CCC1(Cn2ccnc2)Sc2ccc(-c3c(F)cccc3F)cc2C1O. The fourth-order valence-corrected chi connectivity index (χ4v) is 5.13. The number of rotatable bonds is 5.